The molecule has 1 fully saturated rings. The molecule has 0 bridgehead atoms. The normalized spacial score (nSPS) is 22.0. The van der Waals surface area contributed by atoms with Crippen LogP contribution in [0.4, 0.5) is 0 Å². The maximum atomic E-state index is 11.9. The summed E-state index contributed by atoms with van der Waals surface area (Å²) in [6, 6.07) is 2.16. The summed E-state index contributed by atoms with van der Waals surface area (Å²) in [5.74, 6) is 1.38. The Morgan fingerprint density at radius 3 is 2.88 bits per heavy atom. The lowest BCUT2D eigenvalue weighted by Crippen LogP contribution is -2.40. The summed E-state index contributed by atoms with van der Waals surface area (Å²) < 4.78 is 4.92. The third-order valence-corrected chi connectivity index (χ3v) is 5.08. The number of aliphatic imine (C=N–C) groups is 1. The molecule has 0 aliphatic carbocycles. The van der Waals surface area contributed by atoms with Crippen LogP contribution >= 0.6 is 35.3 Å². The van der Waals surface area contributed by atoms with E-state index in [0.717, 1.165) is 25.6 Å². The molecule has 1 aliphatic heterocycles. The first-order valence-electron chi connectivity index (χ1n) is 8.20. The first-order valence-corrected chi connectivity index (χ1v) is 9.14. The van der Waals surface area contributed by atoms with Gasteiger partial charge in [0, 0.05) is 32.1 Å². The van der Waals surface area contributed by atoms with Crippen LogP contribution in [0.15, 0.2) is 21.8 Å². The van der Waals surface area contributed by atoms with E-state index in [1.807, 2.05) is 0 Å². The zero-order valence-electron chi connectivity index (χ0n) is 14.8. The highest BCUT2D eigenvalue weighted by Gasteiger charge is 2.36. The Bertz CT molecular complexity index is 536. The fourth-order valence-electron chi connectivity index (χ4n) is 2.91. The van der Waals surface area contributed by atoms with Crippen molar-refractivity contribution in [2.45, 2.75) is 26.7 Å². The second-order valence-electron chi connectivity index (χ2n) is 6.16. The second kappa shape index (κ2) is 10.2. The average Bonchev–Trinajstić information content (AvgIpc) is 3.20. The van der Waals surface area contributed by atoms with E-state index in [2.05, 4.69) is 47.8 Å². The number of carbonyl (C=O) groups is 1. The molecule has 3 unspecified atom stereocenters. The number of methoxy groups -OCH3 is 1. The van der Waals surface area contributed by atoms with Gasteiger partial charge in [-0.15, -0.1) is 24.0 Å². The summed E-state index contributed by atoms with van der Waals surface area (Å²) in [6.45, 7) is 9.42. The van der Waals surface area contributed by atoms with E-state index in [4.69, 9.17) is 9.73 Å². The fourth-order valence-corrected chi connectivity index (χ4v) is 3.69. The summed E-state index contributed by atoms with van der Waals surface area (Å²) in [5, 5.41) is 7.63. The lowest BCUT2D eigenvalue weighted by molar-refractivity contribution is -0.145. The van der Waals surface area contributed by atoms with Crippen LogP contribution in [0.3, 0.4) is 0 Å². The van der Waals surface area contributed by atoms with Crippen LogP contribution in [0.25, 0.3) is 0 Å². The highest BCUT2D eigenvalue weighted by Crippen LogP contribution is 2.24. The molecule has 0 saturated carbocycles. The highest BCUT2D eigenvalue weighted by atomic mass is 127. The molecular formula is C17H28IN3O2S. The zero-order chi connectivity index (χ0) is 16.8. The van der Waals surface area contributed by atoms with Crippen molar-refractivity contribution in [3.05, 3.63) is 22.4 Å². The van der Waals surface area contributed by atoms with Crippen molar-refractivity contribution in [2.24, 2.45) is 16.8 Å². The molecule has 2 rings (SSSR count). The van der Waals surface area contributed by atoms with Gasteiger partial charge in [-0.25, -0.2) is 0 Å². The van der Waals surface area contributed by atoms with Crippen LogP contribution in [0.2, 0.25) is 0 Å². The van der Waals surface area contributed by atoms with Crippen molar-refractivity contribution >= 4 is 47.2 Å². The van der Waals surface area contributed by atoms with Gasteiger partial charge in [0.05, 0.1) is 13.0 Å². The number of halogens is 1. The number of likely N-dealkylation sites (tertiary alicyclic amines) is 1. The molecule has 24 heavy (non-hydrogen) atoms. The van der Waals surface area contributed by atoms with Crippen LogP contribution in [0, 0.1) is 11.8 Å². The van der Waals surface area contributed by atoms with Crippen LogP contribution in [0.1, 0.15) is 32.3 Å². The second-order valence-corrected chi connectivity index (χ2v) is 6.94. The molecule has 3 atom stereocenters. The third-order valence-electron chi connectivity index (χ3n) is 4.38. The Kier molecular flexibility index (Phi) is 9.04. The number of esters is 1. The molecule has 136 valence electrons. The molecule has 1 saturated heterocycles. The van der Waals surface area contributed by atoms with Gasteiger partial charge in [-0.3, -0.25) is 9.79 Å². The Morgan fingerprint density at radius 2 is 2.29 bits per heavy atom. The number of ether oxygens (including phenoxy) is 1. The molecule has 7 heteroatoms. The van der Waals surface area contributed by atoms with Crippen molar-refractivity contribution in [1.82, 2.24) is 10.2 Å². The maximum absolute atomic E-state index is 11.9. The molecule has 5 nitrogen and oxygen atoms in total. The van der Waals surface area contributed by atoms with Gasteiger partial charge in [0.25, 0.3) is 0 Å². The van der Waals surface area contributed by atoms with E-state index in [0.29, 0.717) is 12.5 Å². The quantitative estimate of drug-likeness (QED) is 0.314. The molecular weight excluding hydrogens is 437 g/mol. The molecule has 0 amide bonds. The first-order chi connectivity index (χ1) is 11.1. The molecule has 0 spiro atoms. The minimum Gasteiger partial charge on any atom is -0.469 e. The molecule has 1 N–H and O–H groups in total. The smallest absolute Gasteiger partial charge is 0.310 e. The third kappa shape index (κ3) is 5.34. The number of rotatable bonds is 5. The number of thiophene rings is 1. The maximum Gasteiger partial charge on any atom is 0.310 e. The minimum atomic E-state index is -0.123. The molecule has 1 aliphatic rings. The molecule has 1 aromatic heterocycles. The van der Waals surface area contributed by atoms with Crippen LogP contribution < -0.4 is 5.32 Å². The van der Waals surface area contributed by atoms with E-state index >= 15 is 0 Å². The fraction of sp³-hybridized carbons (Fsp3) is 0.647. The zero-order valence-corrected chi connectivity index (χ0v) is 18.0. The lowest BCUT2D eigenvalue weighted by Gasteiger charge is -2.22. The highest BCUT2D eigenvalue weighted by molar-refractivity contribution is 14.0. The largest absolute Gasteiger partial charge is 0.469 e. The predicted molar refractivity (Wildman–Crippen MR) is 110 cm³/mol. The van der Waals surface area contributed by atoms with E-state index in [-0.39, 0.29) is 41.8 Å². The van der Waals surface area contributed by atoms with Crippen LogP contribution in [0.5, 0.6) is 0 Å². The van der Waals surface area contributed by atoms with Gasteiger partial charge in [-0.1, -0.05) is 13.8 Å². The van der Waals surface area contributed by atoms with Crippen LogP contribution in [-0.2, 0) is 9.53 Å². The summed E-state index contributed by atoms with van der Waals surface area (Å²) in [6.07, 6.45) is 0. The topological polar surface area (TPSA) is 53.9 Å². The van der Waals surface area contributed by atoms with E-state index < -0.39 is 0 Å². The minimum absolute atomic E-state index is 0. The lowest BCUT2D eigenvalue weighted by atomic mass is 9.99. The number of hydrogen-bond acceptors (Lipinski definition) is 4. The van der Waals surface area contributed by atoms with Gasteiger partial charge in [-0.05, 0) is 35.2 Å². The van der Waals surface area contributed by atoms with Crippen LogP contribution in [-0.4, -0.2) is 50.1 Å². The standard InChI is InChI=1S/C17H27N3O2S.HI/c1-5-18-17(19-8-12(2)14-6-7-23-11-14)20-9-13(3)15(10-20)16(21)22-4;/h6-7,11-13,15H,5,8-10H2,1-4H3,(H,18,19);1H. The summed E-state index contributed by atoms with van der Waals surface area (Å²) in [5.41, 5.74) is 1.33. The van der Waals surface area contributed by atoms with Gasteiger partial charge in [0.1, 0.15) is 0 Å². The van der Waals surface area contributed by atoms with E-state index in [9.17, 15) is 4.79 Å². The van der Waals surface area contributed by atoms with E-state index in [1.165, 1.54) is 12.7 Å². The number of carbonyl (C=O) groups excluding carboxylic acids is 1. The molecule has 2 heterocycles. The Morgan fingerprint density at radius 1 is 1.54 bits per heavy atom. The Balaban J connectivity index is 0.00000288. The van der Waals surface area contributed by atoms with Gasteiger partial charge < -0.3 is 15.0 Å². The SMILES string of the molecule is CCNC(=NCC(C)c1ccsc1)N1CC(C)C(C(=O)OC)C1.I. The number of nitrogens with one attached hydrogen (secondary N) is 1. The van der Waals surface area contributed by atoms with Crippen molar-refractivity contribution in [3.63, 3.8) is 0 Å². The molecule has 1 aromatic rings. The first kappa shape index (κ1) is 21.2. The van der Waals surface area contributed by atoms with Crippen molar-refractivity contribution in [3.8, 4) is 0 Å². The Labute approximate surface area is 165 Å². The average molecular weight is 465 g/mol. The van der Waals surface area contributed by atoms with E-state index in [1.54, 1.807) is 11.3 Å². The summed E-state index contributed by atoms with van der Waals surface area (Å²) >= 11 is 1.72. The van der Waals surface area contributed by atoms with Gasteiger partial charge >= 0.3 is 5.97 Å². The Hall–Kier alpha value is -0.830. The molecule has 0 radical (unpaired) electrons. The van der Waals surface area contributed by atoms with Crippen molar-refractivity contribution in [2.75, 3.05) is 33.3 Å². The monoisotopic (exact) mass is 465 g/mol. The van der Waals surface area contributed by atoms with Gasteiger partial charge in [0.2, 0.25) is 0 Å². The van der Waals surface area contributed by atoms with Crippen molar-refractivity contribution < 1.29 is 9.53 Å². The predicted octanol–water partition coefficient (Wildman–Crippen LogP) is 3.18. The van der Waals surface area contributed by atoms with Gasteiger partial charge in [0.15, 0.2) is 5.96 Å². The number of hydrogen-bond donors (Lipinski definition) is 1. The summed E-state index contributed by atoms with van der Waals surface area (Å²) in [4.78, 5) is 18.8. The number of nitrogens with zero attached hydrogens (tertiary/aromatic N) is 2. The van der Waals surface area contributed by atoms with Gasteiger partial charge in [-0.2, -0.15) is 11.3 Å². The van der Waals surface area contributed by atoms with Crippen molar-refractivity contribution in [1.29, 1.82) is 0 Å². The molecule has 0 aromatic carbocycles. The number of guanidine groups is 1. The summed E-state index contributed by atoms with van der Waals surface area (Å²) in [7, 11) is 1.46.